The Morgan fingerprint density at radius 1 is 0.317 bits per heavy atom. The zero-order valence-corrected chi connectivity index (χ0v) is 23.8. The number of rotatable bonds is 0. The van der Waals surface area contributed by atoms with Crippen molar-refractivity contribution in [1.29, 1.82) is 0 Å². The van der Waals surface area contributed by atoms with E-state index in [9.17, 15) is 0 Å². The van der Waals surface area contributed by atoms with Crippen LogP contribution in [0.15, 0.2) is 97.1 Å². The van der Waals surface area contributed by atoms with Crippen molar-refractivity contribution in [2.24, 2.45) is 0 Å². The number of H-pyrrole nitrogens is 2. The molecule has 9 rings (SSSR count). The molecular weight excluding hydrogens is 687 g/mol. The smallest absolute Gasteiger partial charge is 0.324 e. The molecule has 9 heteroatoms. The van der Waals surface area contributed by atoms with Gasteiger partial charge in [-0.25, -0.2) is 29.9 Å². The predicted octanol–water partition coefficient (Wildman–Crippen LogP) is 6.87. The van der Waals surface area contributed by atoms with E-state index >= 15 is 0 Å². The first-order valence-corrected chi connectivity index (χ1v) is 13.0. The summed E-state index contributed by atoms with van der Waals surface area (Å²) in [5.41, 5.74) is 6.45. The first-order valence-electron chi connectivity index (χ1n) is 13.0. The van der Waals surface area contributed by atoms with E-state index in [0.29, 0.717) is 45.9 Å². The number of aromatic amines is 2. The van der Waals surface area contributed by atoms with Crippen LogP contribution in [-0.2, 0) is 19.8 Å². The van der Waals surface area contributed by atoms with E-state index in [0.717, 1.165) is 43.8 Å². The van der Waals surface area contributed by atoms with E-state index in [-0.39, 0.29) is 19.8 Å². The van der Waals surface area contributed by atoms with Crippen molar-refractivity contribution in [3.8, 4) is 45.6 Å². The molecule has 0 spiro atoms. The van der Waals surface area contributed by atoms with E-state index in [1.54, 1.807) is 0 Å². The summed E-state index contributed by atoms with van der Waals surface area (Å²) >= 11 is 0. The van der Waals surface area contributed by atoms with Crippen LogP contribution < -0.4 is 0 Å². The maximum absolute atomic E-state index is 5.02. The summed E-state index contributed by atoms with van der Waals surface area (Å²) in [5.74, 6) is 2.39. The number of aromatic nitrogens is 8. The summed E-state index contributed by atoms with van der Waals surface area (Å²) < 4.78 is 0. The Labute approximate surface area is 245 Å². The van der Waals surface area contributed by atoms with Gasteiger partial charge in [-0.15, -0.1) is 0 Å². The molecule has 0 radical (unpaired) electrons. The standard InChI is InChI=1S/C32H18N8.Os/c1-2-10-18-17(9-1)25-33-26(18)38-28-21-13-5-6-14-22(21)30(35-28)40-32-24-16-8-7-15-23(24)31(36-32)39-29-20-12-4-3-11-19(20)27(34-29)37-25;/h1-16H,(H2,33,34,35,36,37,38,39,40);/q;+2. The van der Waals surface area contributed by atoms with Crippen LogP contribution in [0, 0.1) is 0 Å². The number of benzene rings is 4. The van der Waals surface area contributed by atoms with Gasteiger partial charge >= 0.3 is 19.8 Å². The van der Waals surface area contributed by atoms with Crippen LogP contribution in [0.3, 0.4) is 0 Å². The minimum atomic E-state index is 0. The average Bonchev–Trinajstić information content (AvgIpc) is 3.73. The maximum atomic E-state index is 5.02. The second-order valence-electron chi connectivity index (χ2n) is 9.79. The van der Waals surface area contributed by atoms with Gasteiger partial charge in [-0.3, -0.25) is 0 Å². The molecule has 5 heterocycles. The van der Waals surface area contributed by atoms with Gasteiger partial charge < -0.3 is 9.97 Å². The minimum Gasteiger partial charge on any atom is -0.324 e. The molecular formula is C32H18N8Os+2. The summed E-state index contributed by atoms with van der Waals surface area (Å²) in [6.45, 7) is 0. The predicted molar refractivity (Wildman–Crippen MR) is 156 cm³/mol. The fourth-order valence-electron chi connectivity index (χ4n) is 5.59. The normalized spacial score (nSPS) is 11.7. The van der Waals surface area contributed by atoms with Gasteiger partial charge in [0, 0.05) is 43.8 Å². The van der Waals surface area contributed by atoms with Crippen LogP contribution >= 0.6 is 0 Å². The van der Waals surface area contributed by atoms with Gasteiger partial charge in [0.2, 0.25) is 0 Å². The fourth-order valence-corrected chi connectivity index (χ4v) is 5.59. The second-order valence-corrected chi connectivity index (χ2v) is 9.79. The fraction of sp³-hybridized carbons (Fsp3) is 0. The van der Waals surface area contributed by atoms with Crippen molar-refractivity contribution in [2.75, 3.05) is 0 Å². The zero-order chi connectivity index (χ0) is 26.2. The summed E-state index contributed by atoms with van der Waals surface area (Å²) in [6, 6.07) is 32.2. The van der Waals surface area contributed by atoms with Crippen molar-refractivity contribution in [3.63, 3.8) is 0 Å². The van der Waals surface area contributed by atoms with E-state index in [4.69, 9.17) is 29.9 Å². The number of fused-ring (bicyclic) bond motifs is 20. The van der Waals surface area contributed by atoms with Crippen molar-refractivity contribution in [1.82, 2.24) is 39.9 Å². The van der Waals surface area contributed by atoms with Crippen molar-refractivity contribution in [2.45, 2.75) is 0 Å². The quantitative estimate of drug-likeness (QED) is 0.179. The molecule has 2 N–H and O–H groups in total. The summed E-state index contributed by atoms with van der Waals surface area (Å²) in [4.78, 5) is 36.8. The Bertz CT molecular complexity index is 2030. The molecule has 0 atom stereocenters. The third-order valence-corrected chi connectivity index (χ3v) is 7.46. The SMILES string of the molecule is [Os+2].c1ccc2c(c1)-c1nc-2nc2[nH]c(nc3nc(nc4[nH]c(n1)c1ccccc41)-c1ccccc1-3)c1ccccc21. The largest absolute Gasteiger partial charge is 2.00 e. The average molecular weight is 705 g/mol. The maximum Gasteiger partial charge on any atom is 2.00 e. The van der Waals surface area contributed by atoms with E-state index < -0.39 is 0 Å². The third kappa shape index (κ3) is 3.56. The molecule has 8 nitrogen and oxygen atoms in total. The Balaban J connectivity index is 0.00000256. The van der Waals surface area contributed by atoms with E-state index in [2.05, 4.69) is 9.97 Å². The number of hydrogen-bond donors (Lipinski definition) is 2. The second kappa shape index (κ2) is 8.95. The molecule has 3 aromatic heterocycles. The molecule has 0 saturated carbocycles. The van der Waals surface area contributed by atoms with Crippen molar-refractivity contribution in [3.05, 3.63) is 97.1 Å². The monoisotopic (exact) mass is 706 g/mol. The van der Waals surface area contributed by atoms with Gasteiger partial charge in [0.25, 0.3) is 0 Å². The Hall–Kier alpha value is -5.12. The molecule has 7 aromatic rings. The first-order chi connectivity index (χ1) is 19.8. The summed E-state index contributed by atoms with van der Waals surface area (Å²) in [5, 5.41) is 3.82. The first kappa shape index (κ1) is 23.7. The van der Waals surface area contributed by atoms with Gasteiger partial charge in [0.05, 0.1) is 0 Å². The molecule has 41 heavy (non-hydrogen) atoms. The zero-order valence-electron chi connectivity index (χ0n) is 21.3. The van der Waals surface area contributed by atoms with Gasteiger partial charge in [-0.1, -0.05) is 97.1 Å². The van der Waals surface area contributed by atoms with E-state index in [1.165, 1.54) is 0 Å². The molecule has 4 aromatic carbocycles. The van der Waals surface area contributed by atoms with Gasteiger partial charge in [-0.05, 0) is 0 Å². The molecule has 0 aliphatic carbocycles. The number of nitrogens with one attached hydrogen (secondary N) is 2. The van der Waals surface area contributed by atoms with E-state index in [1.807, 2.05) is 97.1 Å². The van der Waals surface area contributed by atoms with Crippen LogP contribution in [0.4, 0.5) is 0 Å². The molecule has 0 saturated heterocycles. The minimum absolute atomic E-state index is 0. The molecule has 8 bridgehead atoms. The Morgan fingerprint density at radius 3 is 0.829 bits per heavy atom. The topological polar surface area (TPSA) is 109 Å². The summed E-state index contributed by atoms with van der Waals surface area (Å²) in [7, 11) is 0. The summed E-state index contributed by atoms with van der Waals surface area (Å²) in [6.07, 6.45) is 0. The molecule has 0 fully saturated rings. The van der Waals surface area contributed by atoms with Gasteiger partial charge in [0.1, 0.15) is 22.6 Å². The molecule has 2 aliphatic rings. The molecule has 0 unspecified atom stereocenters. The number of nitrogens with zero attached hydrogens (tertiary/aromatic N) is 6. The Morgan fingerprint density at radius 2 is 0.561 bits per heavy atom. The van der Waals surface area contributed by atoms with Gasteiger partial charge in [-0.2, -0.15) is 0 Å². The molecule has 2 aliphatic heterocycles. The molecule has 192 valence electrons. The van der Waals surface area contributed by atoms with Crippen molar-refractivity contribution < 1.29 is 19.8 Å². The van der Waals surface area contributed by atoms with Crippen LogP contribution in [0.25, 0.3) is 89.7 Å². The third-order valence-electron chi connectivity index (χ3n) is 7.46. The van der Waals surface area contributed by atoms with Crippen LogP contribution in [0.5, 0.6) is 0 Å². The van der Waals surface area contributed by atoms with Crippen molar-refractivity contribution >= 4 is 44.1 Å². The van der Waals surface area contributed by atoms with Gasteiger partial charge in [0.15, 0.2) is 23.3 Å². The van der Waals surface area contributed by atoms with Crippen LogP contribution in [0.1, 0.15) is 0 Å². The van der Waals surface area contributed by atoms with Crippen LogP contribution in [0.2, 0.25) is 0 Å². The van der Waals surface area contributed by atoms with Crippen LogP contribution in [-0.4, -0.2) is 39.9 Å². The Kier molecular flexibility index (Phi) is 5.18. The molecule has 0 amide bonds. The number of hydrogen-bond acceptors (Lipinski definition) is 6.